The average Bonchev–Trinajstić information content (AvgIpc) is 2.63. The molecule has 0 bridgehead atoms. The number of carbonyl (C=O) groups is 1. The van der Waals surface area contributed by atoms with Crippen LogP contribution in [0.2, 0.25) is 0 Å². The molecule has 1 aliphatic rings. The lowest BCUT2D eigenvalue weighted by Crippen LogP contribution is -2.08. The smallest absolute Gasteiger partial charge is 0.221 e. The van der Waals surface area contributed by atoms with Crippen LogP contribution in [0.4, 0.5) is 0 Å². The lowest BCUT2D eigenvalue weighted by atomic mass is 10.0. The summed E-state index contributed by atoms with van der Waals surface area (Å²) in [5.41, 5.74) is 0.373. The molecule has 1 heterocycles. The number of H-pyrrole nitrogens is 1. The third kappa shape index (κ3) is 1.46. The monoisotopic (exact) mass is 256 g/mol. The van der Waals surface area contributed by atoms with E-state index in [0.717, 1.165) is 0 Å². The number of aromatic amines is 1. The zero-order chi connectivity index (χ0) is 10.1. The molecule has 0 unspecified atom stereocenters. The van der Waals surface area contributed by atoms with Gasteiger partial charge in [0.05, 0.1) is 5.57 Å². The van der Waals surface area contributed by atoms with E-state index in [4.69, 9.17) is 0 Å². The van der Waals surface area contributed by atoms with E-state index in [0.29, 0.717) is 16.5 Å². The fraction of sp³-hybridized carbons (Fsp3) is 0.143. The fourth-order valence-corrected chi connectivity index (χ4v) is 1.63. The van der Waals surface area contributed by atoms with Crippen LogP contribution >= 0.6 is 15.9 Å². The maximum Gasteiger partial charge on any atom is 0.221 e. The Hall–Kier alpha value is -1.50. The largest absolute Gasteiger partial charge is 0.504 e. The fourth-order valence-electron chi connectivity index (χ4n) is 1.14. The number of aliphatic hydroxyl groups excluding tert-OH is 1. The van der Waals surface area contributed by atoms with Gasteiger partial charge in [-0.15, -0.1) is 10.2 Å². The number of aliphatic hydroxyl groups is 1. The van der Waals surface area contributed by atoms with Crippen LogP contribution in [0.25, 0.3) is 5.57 Å². The molecule has 0 aromatic carbocycles. The number of hydrogen-bond donors (Lipinski definition) is 2. The number of halogens is 1. The highest BCUT2D eigenvalue weighted by molar-refractivity contribution is 9.11. The maximum absolute atomic E-state index is 11.2. The van der Waals surface area contributed by atoms with Crippen LogP contribution in [-0.2, 0) is 4.79 Å². The van der Waals surface area contributed by atoms with E-state index >= 15 is 0 Å². The van der Waals surface area contributed by atoms with Crippen LogP contribution in [0.3, 0.4) is 0 Å². The first-order valence-corrected chi connectivity index (χ1v) is 4.54. The van der Waals surface area contributed by atoms with Crippen molar-refractivity contribution in [2.24, 2.45) is 0 Å². The normalized spacial score (nSPS) is 17.2. The van der Waals surface area contributed by atoms with E-state index in [-0.39, 0.29) is 11.6 Å². The Morgan fingerprint density at radius 1 is 1.57 bits per heavy atom. The second kappa shape index (κ2) is 3.33. The molecule has 0 atom stereocenters. The molecule has 14 heavy (non-hydrogen) atoms. The Bertz CT molecular complexity index is 435. The number of aromatic nitrogens is 4. The number of tetrazole rings is 1. The molecular weight excluding hydrogens is 252 g/mol. The number of allylic oxidation sites excluding steroid dienone is 3. The van der Waals surface area contributed by atoms with Gasteiger partial charge in [-0.3, -0.25) is 4.79 Å². The quantitative estimate of drug-likeness (QED) is 0.773. The van der Waals surface area contributed by atoms with Gasteiger partial charge >= 0.3 is 0 Å². The van der Waals surface area contributed by atoms with Gasteiger partial charge in [0.25, 0.3) is 0 Å². The molecule has 2 rings (SSSR count). The predicted octanol–water partition coefficient (Wildman–Crippen LogP) is 0.720. The summed E-state index contributed by atoms with van der Waals surface area (Å²) in [4.78, 5) is 11.2. The first kappa shape index (κ1) is 9.07. The van der Waals surface area contributed by atoms with Gasteiger partial charge in [0.15, 0.2) is 5.76 Å². The minimum Gasteiger partial charge on any atom is -0.504 e. The second-order valence-electron chi connectivity index (χ2n) is 2.69. The Labute approximate surface area is 86.8 Å². The molecule has 2 N–H and O–H groups in total. The Morgan fingerprint density at radius 3 is 3.00 bits per heavy atom. The third-order valence-electron chi connectivity index (χ3n) is 1.77. The zero-order valence-corrected chi connectivity index (χ0v) is 8.45. The van der Waals surface area contributed by atoms with Crippen molar-refractivity contribution in [3.05, 3.63) is 22.1 Å². The van der Waals surface area contributed by atoms with Gasteiger partial charge in [-0.1, -0.05) is 15.9 Å². The van der Waals surface area contributed by atoms with Crippen molar-refractivity contribution in [1.29, 1.82) is 0 Å². The van der Waals surface area contributed by atoms with Gasteiger partial charge in [-0.25, -0.2) is 0 Å². The molecule has 1 aromatic rings. The van der Waals surface area contributed by atoms with Crippen LogP contribution < -0.4 is 0 Å². The van der Waals surface area contributed by atoms with Gasteiger partial charge < -0.3 is 5.11 Å². The zero-order valence-electron chi connectivity index (χ0n) is 6.86. The number of nitrogens with zero attached hydrogens (tertiary/aromatic N) is 3. The summed E-state index contributed by atoms with van der Waals surface area (Å²) in [5.74, 6) is -0.543. The average molecular weight is 257 g/mol. The minimum atomic E-state index is -0.456. The van der Waals surface area contributed by atoms with E-state index in [1.807, 2.05) is 0 Å². The molecule has 7 heteroatoms. The molecule has 0 amide bonds. The van der Waals surface area contributed by atoms with Gasteiger partial charge in [0, 0.05) is 10.9 Å². The number of carbonyl (C=O) groups excluding carboxylic acids is 1. The molecule has 0 saturated heterocycles. The predicted molar refractivity (Wildman–Crippen MR) is 50.4 cm³/mol. The van der Waals surface area contributed by atoms with Crippen molar-refractivity contribution in [2.45, 2.75) is 6.42 Å². The summed E-state index contributed by atoms with van der Waals surface area (Å²) >= 11 is 3.19. The summed E-state index contributed by atoms with van der Waals surface area (Å²) in [6, 6.07) is 0. The maximum atomic E-state index is 11.2. The molecule has 1 aromatic heterocycles. The van der Waals surface area contributed by atoms with Crippen molar-refractivity contribution in [3.63, 3.8) is 0 Å². The van der Waals surface area contributed by atoms with Crippen LogP contribution in [0, 0.1) is 0 Å². The topological polar surface area (TPSA) is 91.8 Å². The van der Waals surface area contributed by atoms with Gasteiger partial charge in [0.1, 0.15) is 0 Å². The lowest BCUT2D eigenvalue weighted by molar-refractivity contribution is -0.113. The van der Waals surface area contributed by atoms with Crippen molar-refractivity contribution in [3.8, 4) is 0 Å². The van der Waals surface area contributed by atoms with Gasteiger partial charge in [-0.2, -0.15) is 5.21 Å². The van der Waals surface area contributed by atoms with E-state index in [1.54, 1.807) is 0 Å². The number of nitrogens with one attached hydrogen (secondary N) is 1. The van der Waals surface area contributed by atoms with Gasteiger partial charge in [0.2, 0.25) is 11.6 Å². The first-order valence-electron chi connectivity index (χ1n) is 3.75. The first-order chi connectivity index (χ1) is 6.68. The molecule has 0 saturated carbocycles. The highest BCUT2D eigenvalue weighted by Crippen LogP contribution is 2.29. The molecule has 1 aliphatic carbocycles. The van der Waals surface area contributed by atoms with E-state index in [2.05, 4.69) is 36.6 Å². The SMILES string of the molecule is O=C1C=C(Br)CC(c2nn[nH]n2)=C1O. The number of hydrogen-bond acceptors (Lipinski definition) is 5. The van der Waals surface area contributed by atoms with Crippen LogP contribution in [-0.4, -0.2) is 31.5 Å². The van der Waals surface area contributed by atoms with Crippen molar-refractivity contribution < 1.29 is 9.90 Å². The summed E-state index contributed by atoms with van der Waals surface area (Å²) in [7, 11) is 0. The lowest BCUT2D eigenvalue weighted by Gasteiger charge is -2.09. The number of rotatable bonds is 1. The number of ketones is 1. The second-order valence-corrected chi connectivity index (χ2v) is 3.71. The van der Waals surface area contributed by atoms with Crippen molar-refractivity contribution in [2.75, 3.05) is 0 Å². The molecule has 6 nitrogen and oxygen atoms in total. The minimum absolute atomic E-state index is 0.237. The third-order valence-corrected chi connectivity index (χ3v) is 2.28. The van der Waals surface area contributed by atoms with E-state index in [1.165, 1.54) is 6.08 Å². The van der Waals surface area contributed by atoms with Crippen LogP contribution in [0.1, 0.15) is 12.2 Å². The molecule has 0 spiro atoms. The van der Waals surface area contributed by atoms with E-state index < -0.39 is 5.78 Å². The highest BCUT2D eigenvalue weighted by atomic mass is 79.9. The Morgan fingerprint density at radius 2 is 2.36 bits per heavy atom. The molecule has 72 valence electrons. The van der Waals surface area contributed by atoms with Crippen molar-refractivity contribution >= 4 is 27.3 Å². The molecule has 0 radical (unpaired) electrons. The summed E-state index contributed by atoms with van der Waals surface area (Å²) < 4.78 is 0.681. The highest BCUT2D eigenvalue weighted by Gasteiger charge is 2.23. The Kier molecular flexibility index (Phi) is 2.16. The van der Waals surface area contributed by atoms with Gasteiger partial charge in [-0.05, 0) is 11.3 Å². The van der Waals surface area contributed by atoms with E-state index in [9.17, 15) is 9.90 Å². The van der Waals surface area contributed by atoms with Crippen molar-refractivity contribution in [1.82, 2.24) is 20.6 Å². The summed E-state index contributed by atoms with van der Waals surface area (Å²) in [6.07, 6.45) is 1.70. The molecular formula is C7H5BrN4O2. The molecule has 0 aliphatic heterocycles. The van der Waals surface area contributed by atoms with Crippen LogP contribution in [0.15, 0.2) is 16.3 Å². The Balaban J connectivity index is 2.45. The summed E-state index contributed by atoms with van der Waals surface area (Å²) in [5, 5.41) is 22.5. The summed E-state index contributed by atoms with van der Waals surface area (Å²) in [6.45, 7) is 0. The molecule has 0 fully saturated rings. The standard InChI is InChI=1S/C7H5BrN4O2/c8-3-1-4(6(14)5(13)2-3)7-9-11-12-10-7/h2,14H,1H2,(H,9,10,11,12). The van der Waals surface area contributed by atoms with Crippen LogP contribution in [0.5, 0.6) is 0 Å².